The van der Waals surface area contributed by atoms with Crippen molar-refractivity contribution in [2.24, 2.45) is 0 Å². The molecule has 0 fully saturated rings. The van der Waals surface area contributed by atoms with Crippen LogP contribution in [-0.4, -0.2) is 34.4 Å². The van der Waals surface area contributed by atoms with Crippen molar-refractivity contribution in [3.05, 3.63) is 47.5 Å². The zero-order chi connectivity index (χ0) is 16.1. The predicted molar refractivity (Wildman–Crippen MR) is 85.9 cm³/mol. The van der Waals surface area contributed by atoms with E-state index in [1.165, 1.54) is 5.56 Å². The zero-order valence-corrected chi connectivity index (χ0v) is 13.4. The van der Waals surface area contributed by atoms with Gasteiger partial charge in [0.15, 0.2) is 5.82 Å². The molecule has 1 aromatic heterocycles. The number of nitrogens with one attached hydrogen (secondary N) is 1. The summed E-state index contributed by atoms with van der Waals surface area (Å²) in [6.07, 6.45) is 4.45. The lowest BCUT2D eigenvalue weighted by Crippen LogP contribution is -2.29. The summed E-state index contributed by atoms with van der Waals surface area (Å²) in [4.78, 5) is 12.5. The molecule has 1 aliphatic rings. The van der Waals surface area contributed by atoms with E-state index < -0.39 is 0 Å². The maximum absolute atomic E-state index is 12.5. The summed E-state index contributed by atoms with van der Waals surface area (Å²) in [5, 5.41) is 11.0. The molecule has 0 saturated heterocycles. The van der Waals surface area contributed by atoms with E-state index in [0.29, 0.717) is 13.2 Å². The van der Waals surface area contributed by atoms with E-state index >= 15 is 0 Å². The Labute approximate surface area is 135 Å². The van der Waals surface area contributed by atoms with Crippen LogP contribution in [0.5, 0.6) is 0 Å². The molecule has 1 aliphatic carbocycles. The van der Waals surface area contributed by atoms with Crippen molar-refractivity contribution in [3.8, 4) is 0 Å². The van der Waals surface area contributed by atoms with Gasteiger partial charge in [0.05, 0.1) is 12.5 Å². The molecule has 3 rings (SSSR count). The molecule has 1 aromatic carbocycles. The highest BCUT2D eigenvalue weighted by Crippen LogP contribution is 2.32. The topological polar surface area (TPSA) is 69.0 Å². The molecule has 23 heavy (non-hydrogen) atoms. The number of aryl methyl sites for hydroxylation is 2. The van der Waals surface area contributed by atoms with E-state index in [2.05, 4.69) is 27.6 Å². The van der Waals surface area contributed by atoms with Crippen LogP contribution in [0.1, 0.15) is 35.7 Å². The number of amides is 1. The fraction of sp³-hybridized carbons (Fsp3) is 0.471. The maximum atomic E-state index is 12.5. The number of fused-ring (bicyclic) bond motifs is 1. The van der Waals surface area contributed by atoms with Gasteiger partial charge in [-0.2, -0.15) is 0 Å². The minimum absolute atomic E-state index is 0.0453. The Balaban J connectivity index is 1.57. The summed E-state index contributed by atoms with van der Waals surface area (Å²) in [7, 11) is 1.69. The van der Waals surface area contributed by atoms with E-state index in [1.807, 2.05) is 16.7 Å². The standard InChI is InChI=1S/C17H22N4O2/c1-23-10-4-9-21-12-19-20-16(21)11-18-17(22)15-8-7-13-5-2-3-6-14(13)15/h2-3,5-6,12,15H,4,7-11H2,1H3,(H,18,22)/t15-/m0/s1. The lowest BCUT2D eigenvalue weighted by Gasteiger charge is -2.12. The molecule has 1 amide bonds. The highest BCUT2D eigenvalue weighted by Gasteiger charge is 2.28. The number of benzene rings is 1. The number of rotatable bonds is 7. The van der Waals surface area contributed by atoms with Gasteiger partial charge >= 0.3 is 0 Å². The number of carbonyl (C=O) groups excluding carboxylic acids is 1. The molecule has 0 spiro atoms. The van der Waals surface area contributed by atoms with Crippen molar-refractivity contribution in [1.29, 1.82) is 0 Å². The van der Waals surface area contributed by atoms with Crippen LogP contribution in [0.3, 0.4) is 0 Å². The normalized spacial score (nSPS) is 16.3. The number of hydrogen-bond donors (Lipinski definition) is 1. The molecular weight excluding hydrogens is 292 g/mol. The van der Waals surface area contributed by atoms with Crippen molar-refractivity contribution in [1.82, 2.24) is 20.1 Å². The third-order valence-corrected chi connectivity index (χ3v) is 4.31. The Morgan fingerprint density at radius 3 is 3.17 bits per heavy atom. The van der Waals surface area contributed by atoms with Gasteiger partial charge in [-0.05, 0) is 30.4 Å². The van der Waals surface area contributed by atoms with E-state index in [-0.39, 0.29) is 11.8 Å². The molecule has 6 heteroatoms. The fourth-order valence-corrected chi connectivity index (χ4v) is 3.10. The van der Waals surface area contributed by atoms with Crippen LogP contribution in [0.2, 0.25) is 0 Å². The van der Waals surface area contributed by atoms with Crippen molar-refractivity contribution >= 4 is 5.91 Å². The van der Waals surface area contributed by atoms with Crippen LogP contribution in [0.25, 0.3) is 0 Å². The molecule has 0 saturated carbocycles. The monoisotopic (exact) mass is 314 g/mol. The average Bonchev–Trinajstić information content (AvgIpc) is 3.19. The van der Waals surface area contributed by atoms with Crippen LogP contribution in [0.4, 0.5) is 0 Å². The lowest BCUT2D eigenvalue weighted by molar-refractivity contribution is -0.122. The fourth-order valence-electron chi connectivity index (χ4n) is 3.10. The molecule has 0 radical (unpaired) electrons. The minimum Gasteiger partial charge on any atom is -0.385 e. The Hall–Kier alpha value is -2.21. The van der Waals surface area contributed by atoms with Gasteiger partial charge in [-0.1, -0.05) is 24.3 Å². The average molecular weight is 314 g/mol. The molecule has 0 bridgehead atoms. The first-order chi connectivity index (χ1) is 11.3. The number of methoxy groups -OCH3 is 1. The van der Waals surface area contributed by atoms with Crippen LogP contribution >= 0.6 is 0 Å². The van der Waals surface area contributed by atoms with Crippen molar-refractivity contribution < 1.29 is 9.53 Å². The number of ether oxygens (including phenoxy) is 1. The lowest BCUT2D eigenvalue weighted by atomic mass is 10.0. The molecule has 0 aliphatic heterocycles. The zero-order valence-electron chi connectivity index (χ0n) is 13.4. The van der Waals surface area contributed by atoms with Gasteiger partial charge in [-0.25, -0.2) is 0 Å². The van der Waals surface area contributed by atoms with Crippen LogP contribution in [0.15, 0.2) is 30.6 Å². The van der Waals surface area contributed by atoms with Gasteiger partial charge in [-0.15, -0.1) is 10.2 Å². The van der Waals surface area contributed by atoms with Crippen molar-refractivity contribution in [3.63, 3.8) is 0 Å². The summed E-state index contributed by atoms with van der Waals surface area (Å²) < 4.78 is 7.02. The van der Waals surface area contributed by atoms with E-state index in [9.17, 15) is 4.79 Å². The van der Waals surface area contributed by atoms with Gasteiger partial charge < -0.3 is 14.6 Å². The molecule has 0 unspecified atom stereocenters. The van der Waals surface area contributed by atoms with Gasteiger partial charge in [-0.3, -0.25) is 4.79 Å². The second-order valence-corrected chi connectivity index (χ2v) is 5.79. The first-order valence-electron chi connectivity index (χ1n) is 8.00. The minimum atomic E-state index is -0.0453. The van der Waals surface area contributed by atoms with E-state index in [4.69, 9.17) is 4.74 Å². The first kappa shape index (κ1) is 15.7. The summed E-state index contributed by atoms with van der Waals surface area (Å²) in [6, 6.07) is 8.19. The summed E-state index contributed by atoms with van der Waals surface area (Å²) >= 11 is 0. The van der Waals surface area contributed by atoms with Crippen LogP contribution < -0.4 is 5.32 Å². The molecule has 122 valence electrons. The highest BCUT2D eigenvalue weighted by molar-refractivity contribution is 5.84. The molecule has 1 N–H and O–H groups in total. The maximum Gasteiger partial charge on any atom is 0.227 e. The Morgan fingerprint density at radius 2 is 2.30 bits per heavy atom. The second kappa shape index (κ2) is 7.37. The van der Waals surface area contributed by atoms with E-state index in [0.717, 1.165) is 37.2 Å². The summed E-state index contributed by atoms with van der Waals surface area (Å²) in [6.45, 7) is 1.89. The molecular formula is C17H22N4O2. The first-order valence-corrected chi connectivity index (χ1v) is 8.00. The highest BCUT2D eigenvalue weighted by atomic mass is 16.5. The van der Waals surface area contributed by atoms with Crippen molar-refractivity contribution in [2.45, 2.75) is 38.3 Å². The molecule has 2 aromatic rings. The third kappa shape index (κ3) is 3.59. The van der Waals surface area contributed by atoms with Crippen molar-refractivity contribution in [2.75, 3.05) is 13.7 Å². The quantitative estimate of drug-likeness (QED) is 0.789. The SMILES string of the molecule is COCCCn1cnnc1CNC(=O)[C@H]1CCc2ccccc21. The smallest absolute Gasteiger partial charge is 0.227 e. The van der Waals surface area contributed by atoms with Gasteiger partial charge in [0.2, 0.25) is 5.91 Å². The number of nitrogens with zero attached hydrogens (tertiary/aromatic N) is 3. The van der Waals surface area contributed by atoms with Gasteiger partial charge in [0.1, 0.15) is 6.33 Å². The number of hydrogen-bond acceptors (Lipinski definition) is 4. The number of aromatic nitrogens is 3. The Kier molecular flexibility index (Phi) is 5.02. The summed E-state index contributed by atoms with van der Waals surface area (Å²) in [5.74, 6) is 0.804. The molecule has 1 heterocycles. The predicted octanol–water partition coefficient (Wildman–Crippen LogP) is 1.66. The number of carbonyl (C=O) groups is 1. The van der Waals surface area contributed by atoms with Gasteiger partial charge in [0, 0.05) is 20.3 Å². The Bertz CT molecular complexity index is 668. The largest absolute Gasteiger partial charge is 0.385 e. The van der Waals surface area contributed by atoms with Gasteiger partial charge in [0.25, 0.3) is 0 Å². The van der Waals surface area contributed by atoms with Crippen LogP contribution in [-0.2, 0) is 29.0 Å². The second-order valence-electron chi connectivity index (χ2n) is 5.79. The molecule has 1 atom stereocenters. The molecule has 6 nitrogen and oxygen atoms in total. The van der Waals surface area contributed by atoms with Crippen LogP contribution in [0, 0.1) is 0 Å². The summed E-state index contributed by atoms with van der Waals surface area (Å²) in [5.41, 5.74) is 2.45. The third-order valence-electron chi connectivity index (χ3n) is 4.31. The Morgan fingerprint density at radius 1 is 1.43 bits per heavy atom. The van der Waals surface area contributed by atoms with E-state index in [1.54, 1.807) is 13.4 Å².